The fourth-order valence-corrected chi connectivity index (χ4v) is 0.851. The molecule has 0 unspecified atom stereocenters. The van der Waals surface area contributed by atoms with E-state index in [0.717, 1.165) is 0 Å². The van der Waals surface area contributed by atoms with Crippen LogP contribution in [0.15, 0.2) is 11.0 Å². The van der Waals surface area contributed by atoms with E-state index in [4.69, 9.17) is 0 Å². The Kier molecular flexibility index (Phi) is 3.76. The predicted octanol–water partition coefficient (Wildman–Crippen LogP) is -3.59. The van der Waals surface area contributed by atoms with Gasteiger partial charge in [0, 0.05) is 13.2 Å². The molecule has 0 atom stereocenters. The molecule has 4 nitrogen and oxygen atoms in total. The van der Waals surface area contributed by atoms with Gasteiger partial charge in [0.15, 0.2) is 6.21 Å². The zero-order valence-electron chi connectivity index (χ0n) is 7.34. The monoisotopic (exact) mass is 189 g/mol. The Morgan fingerprint density at radius 1 is 1.58 bits per heavy atom. The SMILES string of the molecule is Cn1[nH]cc(C=[N+](C)C)c1=O.[Cl-]. The van der Waals surface area contributed by atoms with Crippen molar-refractivity contribution in [2.45, 2.75) is 0 Å². The molecule has 68 valence electrons. The van der Waals surface area contributed by atoms with Gasteiger partial charge in [-0.15, -0.1) is 0 Å². The van der Waals surface area contributed by atoms with Crippen LogP contribution in [0, 0.1) is 0 Å². The lowest BCUT2D eigenvalue weighted by Crippen LogP contribution is -3.00. The number of hydrogen-bond acceptors (Lipinski definition) is 1. The molecule has 1 N–H and O–H groups in total. The van der Waals surface area contributed by atoms with Crippen LogP contribution in [0.25, 0.3) is 0 Å². The van der Waals surface area contributed by atoms with Crippen LogP contribution in [0.2, 0.25) is 0 Å². The Balaban J connectivity index is 0.00000121. The van der Waals surface area contributed by atoms with Gasteiger partial charge in [-0.1, -0.05) is 0 Å². The van der Waals surface area contributed by atoms with Crippen molar-refractivity contribution < 1.29 is 17.0 Å². The Morgan fingerprint density at radius 2 is 2.17 bits per heavy atom. The number of halogens is 1. The highest BCUT2D eigenvalue weighted by Crippen LogP contribution is 1.80. The minimum atomic E-state index is -0.00120. The van der Waals surface area contributed by atoms with Gasteiger partial charge in [-0.2, -0.15) is 0 Å². The molecule has 12 heavy (non-hydrogen) atoms. The zero-order valence-corrected chi connectivity index (χ0v) is 8.09. The van der Waals surface area contributed by atoms with Gasteiger partial charge in [-0.05, 0) is 0 Å². The van der Waals surface area contributed by atoms with E-state index in [1.165, 1.54) is 4.68 Å². The molecule has 0 amide bonds. The van der Waals surface area contributed by atoms with Gasteiger partial charge >= 0.3 is 0 Å². The molecule has 0 aliphatic rings. The third-order valence-corrected chi connectivity index (χ3v) is 1.36. The van der Waals surface area contributed by atoms with Crippen molar-refractivity contribution in [2.75, 3.05) is 14.1 Å². The first kappa shape index (κ1) is 11.0. The van der Waals surface area contributed by atoms with Crippen LogP contribution in [0.4, 0.5) is 0 Å². The van der Waals surface area contributed by atoms with Crippen molar-refractivity contribution >= 4 is 6.21 Å². The standard InChI is InChI=1S/C7H11N3O.ClH/c1-9(2)5-6-4-8-10(3)7(6)11;/h4-5H,1-3H3;1H. The van der Waals surface area contributed by atoms with Gasteiger partial charge in [0.05, 0.1) is 0 Å². The fraction of sp³-hybridized carbons (Fsp3) is 0.429. The van der Waals surface area contributed by atoms with Gasteiger partial charge in [0.1, 0.15) is 19.7 Å². The Bertz CT molecular complexity index is 333. The first-order valence-electron chi connectivity index (χ1n) is 3.37. The molecule has 1 aromatic heterocycles. The molecule has 1 rings (SSSR count). The maximum absolute atomic E-state index is 11.2. The number of aryl methyl sites for hydroxylation is 1. The van der Waals surface area contributed by atoms with Crippen LogP contribution in [0.5, 0.6) is 0 Å². The van der Waals surface area contributed by atoms with Gasteiger partial charge in [0.25, 0.3) is 5.56 Å². The summed E-state index contributed by atoms with van der Waals surface area (Å²) >= 11 is 0. The maximum atomic E-state index is 11.2. The smallest absolute Gasteiger partial charge is 0.279 e. The van der Waals surface area contributed by atoms with E-state index in [0.29, 0.717) is 5.56 Å². The highest BCUT2D eigenvalue weighted by molar-refractivity contribution is 5.74. The average Bonchev–Trinajstić information content (AvgIpc) is 2.18. The number of aromatic nitrogens is 2. The lowest BCUT2D eigenvalue weighted by Gasteiger charge is -1.82. The lowest BCUT2D eigenvalue weighted by molar-refractivity contribution is -0.458. The van der Waals surface area contributed by atoms with Crippen molar-refractivity contribution in [3.8, 4) is 0 Å². The second-order valence-corrected chi connectivity index (χ2v) is 2.69. The molecule has 0 radical (unpaired) electrons. The number of H-pyrrole nitrogens is 1. The number of nitrogens with zero attached hydrogens (tertiary/aromatic N) is 2. The predicted molar refractivity (Wildman–Crippen MR) is 43.3 cm³/mol. The summed E-state index contributed by atoms with van der Waals surface area (Å²) in [7, 11) is 5.45. The third-order valence-electron chi connectivity index (χ3n) is 1.36. The van der Waals surface area contributed by atoms with E-state index in [2.05, 4.69) is 5.10 Å². The maximum Gasteiger partial charge on any atom is 0.279 e. The molecular formula is C7H12ClN3O. The van der Waals surface area contributed by atoms with Crippen LogP contribution >= 0.6 is 0 Å². The van der Waals surface area contributed by atoms with Crippen LogP contribution in [0.1, 0.15) is 5.56 Å². The molecule has 0 aliphatic carbocycles. The van der Waals surface area contributed by atoms with Crippen LogP contribution in [0.3, 0.4) is 0 Å². The van der Waals surface area contributed by atoms with Gasteiger partial charge < -0.3 is 17.5 Å². The fourth-order valence-electron chi connectivity index (χ4n) is 0.851. The molecule has 5 heteroatoms. The van der Waals surface area contributed by atoms with E-state index in [9.17, 15) is 4.79 Å². The summed E-state index contributed by atoms with van der Waals surface area (Å²) in [6.07, 6.45) is 3.46. The summed E-state index contributed by atoms with van der Waals surface area (Å²) < 4.78 is 3.28. The molecule has 0 spiro atoms. The van der Waals surface area contributed by atoms with E-state index in [-0.39, 0.29) is 18.0 Å². The average molecular weight is 190 g/mol. The van der Waals surface area contributed by atoms with Crippen LogP contribution in [-0.2, 0) is 7.05 Å². The van der Waals surface area contributed by atoms with Crippen molar-refractivity contribution in [1.29, 1.82) is 0 Å². The van der Waals surface area contributed by atoms with E-state index in [1.807, 2.05) is 18.7 Å². The largest absolute Gasteiger partial charge is 1.00 e. The quantitative estimate of drug-likeness (QED) is 0.360. The Hall–Kier alpha value is -1.03. The topological polar surface area (TPSA) is 40.8 Å². The number of nitrogens with one attached hydrogen (secondary N) is 1. The molecule has 1 aromatic rings. The molecule has 0 saturated heterocycles. The number of rotatable bonds is 1. The highest BCUT2D eigenvalue weighted by atomic mass is 35.5. The van der Waals surface area contributed by atoms with Gasteiger partial charge in [-0.25, -0.2) is 4.58 Å². The molecule has 0 aliphatic heterocycles. The van der Waals surface area contributed by atoms with Crippen molar-refractivity contribution in [3.05, 3.63) is 22.1 Å². The lowest BCUT2D eigenvalue weighted by atomic mass is 10.4. The van der Waals surface area contributed by atoms with E-state index in [1.54, 1.807) is 19.5 Å². The molecule has 0 bridgehead atoms. The third kappa shape index (κ3) is 2.23. The summed E-state index contributed by atoms with van der Waals surface area (Å²) in [6.45, 7) is 0. The first-order chi connectivity index (χ1) is 5.11. The van der Waals surface area contributed by atoms with Crippen molar-refractivity contribution in [2.24, 2.45) is 7.05 Å². The minimum absolute atomic E-state index is 0. The zero-order chi connectivity index (χ0) is 8.43. The molecule has 0 fully saturated rings. The minimum Gasteiger partial charge on any atom is -1.00 e. The Morgan fingerprint density at radius 3 is 2.50 bits per heavy atom. The first-order valence-corrected chi connectivity index (χ1v) is 3.37. The number of aromatic amines is 1. The summed E-state index contributed by atoms with van der Waals surface area (Å²) in [6, 6.07) is 0. The van der Waals surface area contributed by atoms with Gasteiger partial charge in [-0.3, -0.25) is 9.48 Å². The molecule has 0 saturated carbocycles. The van der Waals surface area contributed by atoms with Crippen LogP contribution < -0.4 is 18.0 Å². The second-order valence-electron chi connectivity index (χ2n) is 2.69. The molecule has 0 aromatic carbocycles. The highest BCUT2D eigenvalue weighted by Gasteiger charge is 2.02. The molecular weight excluding hydrogens is 178 g/mol. The summed E-state index contributed by atoms with van der Waals surface area (Å²) in [4.78, 5) is 11.2. The van der Waals surface area contributed by atoms with E-state index < -0.39 is 0 Å². The van der Waals surface area contributed by atoms with Crippen molar-refractivity contribution in [3.63, 3.8) is 0 Å². The number of hydrogen-bond donors (Lipinski definition) is 1. The second kappa shape index (κ2) is 4.11. The van der Waals surface area contributed by atoms with Crippen LogP contribution in [-0.4, -0.2) is 34.7 Å². The Labute approximate surface area is 76.9 Å². The molecule has 1 heterocycles. The normalized spacial score (nSPS) is 8.92. The summed E-state index contributed by atoms with van der Waals surface area (Å²) in [5.74, 6) is 0. The summed E-state index contributed by atoms with van der Waals surface area (Å²) in [5.41, 5.74) is 0.677. The van der Waals surface area contributed by atoms with E-state index >= 15 is 0 Å². The summed E-state index contributed by atoms with van der Waals surface area (Å²) in [5, 5.41) is 2.79. The van der Waals surface area contributed by atoms with Gasteiger partial charge in [0.2, 0.25) is 0 Å². The van der Waals surface area contributed by atoms with Crippen molar-refractivity contribution in [1.82, 2.24) is 9.78 Å².